The van der Waals surface area contributed by atoms with Gasteiger partial charge in [-0.05, 0) is 0 Å². The van der Waals surface area contributed by atoms with Gasteiger partial charge in [-0.3, -0.25) is 4.79 Å². The first kappa shape index (κ1) is 19.2. The van der Waals surface area contributed by atoms with Gasteiger partial charge in [0.25, 0.3) is 0 Å². The summed E-state index contributed by atoms with van der Waals surface area (Å²) in [7, 11) is 0. The third-order valence-corrected chi connectivity index (χ3v) is 3.05. The highest BCUT2D eigenvalue weighted by atomic mass is 16.8. The van der Waals surface area contributed by atoms with Crippen LogP contribution in [0.5, 0.6) is 0 Å². The quantitative estimate of drug-likeness (QED) is 0.166. The Labute approximate surface area is 127 Å². The van der Waals surface area contributed by atoms with Crippen LogP contribution in [0.2, 0.25) is 0 Å². The van der Waals surface area contributed by atoms with Gasteiger partial charge in [0.05, 0.1) is 13.2 Å². The van der Waals surface area contributed by atoms with Crippen molar-refractivity contribution < 1.29 is 44.5 Å². The molecule has 6 atom stereocenters. The first-order valence-corrected chi connectivity index (χ1v) is 6.79. The van der Waals surface area contributed by atoms with Crippen LogP contribution < -0.4 is 5.32 Å². The number of carbonyl (C=O) groups excluding carboxylic acids is 1. The largest absolute Gasteiger partial charge is 0.394 e. The van der Waals surface area contributed by atoms with Gasteiger partial charge in [-0.2, -0.15) is 0 Å². The number of epoxide rings is 1. The zero-order valence-corrected chi connectivity index (χ0v) is 12.2. The SMILES string of the molecule is CC(=O)NCC(O)[C@H](OCOC1O[C@@H]1C(O)CO)C(O)CO. The highest BCUT2D eigenvalue weighted by molar-refractivity contribution is 5.72. The Kier molecular flexibility index (Phi) is 8.14. The smallest absolute Gasteiger partial charge is 0.216 e. The van der Waals surface area contributed by atoms with E-state index in [-0.39, 0.29) is 19.2 Å². The van der Waals surface area contributed by atoms with Crippen molar-refractivity contribution in [3.8, 4) is 0 Å². The molecule has 1 fully saturated rings. The zero-order valence-electron chi connectivity index (χ0n) is 12.2. The molecule has 0 spiro atoms. The monoisotopic (exact) mass is 325 g/mol. The number of carbonyl (C=O) groups is 1. The lowest BCUT2D eigenvalue weighted by Gasteiger charge is -2.26. The predicted octanol–water partition coefficient (Wildman–Crippen LogP) is -3.73. The summed E-state index contributed by atoms with van der Waals surface area (Å²) in [6, 6.07) is 0. The van der Waals surface area contributed by atoms with Crippen LogP contribution in [0.1, 0.15) is 6.92 Å². The second-order valence-corrected chi connectivity index (χ2v) is 4.89. The van der Waals surface area contributed by atoms with Gasteiger partial charge in [0.15, 0.2) is 13.1 Å². The average Bonchev–Trinajstić information content (AvgIpc) is 3.27. The van der Waals surface area contributed by atoms with E-state index in [4.69, 9.17) is 24.4 Å². The molecule has 1 aliphatic heterocycles. The number of aliphatic hydroxyl groups excluding tert-OH is 5. The molecule has 0 saturated carbocycles. The summed E-state index contributed by atoms with van der Waals surface area (Å²) in [6.07, 6.45) is -6.27. The van der Waals surface area contributed by atoms with E-state index in [1.165, 1.54) is 6.92 Å². The van der Waals surface area contributed by atoms with Crippen molar-refractivity contribution in [2.24, 2.45) is 0 Å². The van der Waals surface area contributed by atoms with E-state index in [1.54, 1.807) is 0 Å². The molecule has 0 radical (unpaired) electrons. The minimum Gasteiger partial charge on any atom is -0.394 e. The van der Waals surface area contributed by atoms with Crippen molar-refractivity contribution in [3.63, 3.8) is 0 Å². The normalized spacial score (nSPS) is 26.1. The van der Waals surface area contributed by atoms with Gasteiger partial charge in [0.1, 0.15) is 30.5 Å². The Balaban J connectivity index is 2.34. The van der Waals surface area contributed by atoms with E-state index in [0.29, 0.717) is 0 Å². The second kappa shape index (κ2) is 9.33. The van der Waals surface area contributed by atoms with Gasteiger partial charge in [-0.1, -0.05) is 0 Å². The summed E-state index contributed by atoms with van der Waals surface area (Å²) in [6.45, 7) is -0.382. The average molecular weight is 325 g/mol. The van der Waals surface area contributed by atoms with Crippen LogP contribution in [0.15, 0.2) is 0 Å². The van der Waals surface area contributed by atoms with Crippen LogP contribution >= 0.6 is 0 Å². The summed E-state index contributed by atoms with van der Waals surface area (Å²) in [4.78, 5) is 10.8. The third-order valence-electron chi connectivity index (χ3n) is 3.05. The summed E-state index contributed by atoms with van der Waals surface area (Å²) in [5.74, 6) is -0.361. The predicted molar refractivity (Wildman–Crippen MR) is 70.4 cm³/mol. The molecule has 10 heteroatoms. The summed E-state index contributed by atoms with van der Waals surface area (Å²) in [5, 5.41) is 48.7. The second-order valence-electron chi connectivity index (χ2n) is 4.89. The van der Waals surface area contributed by atoms with Gasteiger partial charge in [-0.15, -0.1) is 0 Å². The molecule has 1 aliphatic rings. The lowest BCUT2D eigenvalue weighted by atomic mass is 10.1. The number of hydrogen-bond acceptors (Lipinski definition) is 9. The Hall–Kier alpha value is -0.850. The molecule has 0 aromatic heterocycles. The van der Waals surface area contributed by atoms with E-state index >= 15 is 0 Å². The standard InChI is InChI=1S/C12H23NO9/c1-6(16)13-2-7(17)10(8(18)3-14)20-5-21-12-11(22-12)9(19)4-15/h7-12,14-15,17-19H,2-5H2,1H3,(H,13,16)/t7?,8?,9?,10-,11+,12?/m0/s1. The van der Waals surface area contributed by atoms with Gasteiger partial charge in [0.2, 0.25) is 5.91 Å². The van der Waals surface area contributed by atoms with Crippen LogP contribution in [0.25, 0.3) is 0 Å². The molecular weight excluding hydrogens is 302 g/mol. The summed E-state index contributed by atoms with van der Waals surface area (Å²) in [5.41, 5.74) is 0. The van der Waals surface area contributed by atoms with Gasteiger partial charge in [-0.25, -0.2) is 0 Å². The molecule has 1 amide bonds. The maximum atomic E-state index is 10.8. The fraction of sp³-hybridized carbons (Fsp3) is 0.917. The Morgan fingerprint density at radius 2 is 1.91 bits per heavy atom. The highest BCUT2D eigenvalue weighted by Gasteiger charge is 2.45. The van der Waals surface area contributed by atoms with Gasteiger partial charge < -0.3 is 45.1 Å². The Morgan fingerprint density at radius 1 is 1.23 bits per heavy atom. The molecular formula is C12H23NO9. The van der Waals surface area contributed by atoms with E-state index in [2.05, 4.69) is 5.32 Å². The van der Waals surface area contributed by atoms with Crippen molar-refractivity contribution in [1.82, 2.24) is 5.32 Å². The molecule has 130 valence electrons. The lowest BCUT2D eigenvalue weighted by molar-refractivity contribution is -0.177. The Bertz CT molecular complexity index is 343. The van der Waals surface area contributed by atoms with Crippen molar-refractivity contribution in [2.45, 2.75) is 43.7 Å². The van der Waals surface area contributed by atoms with E-state index in [9.17, 15) is 20.1 Å². The van der Waals surface area contributed by atoms with Crippen molar-refractivity contribution >= 4 is 5.91 Å². The number of amides is 1. The number of rotatable bonds is 11. The number of ether oxygens (including phenoxy) is 3. The van der Waals surface area contributed by atoms with Crippen LogP contribution in [0.3, 0.4) is 0 Å². The molecule has 1 rings (SSSR count). The molecule has 6 N–H and O–H groups in total. The molecule has 0 aliphatic carbocycles. The number of aliphatic hydroxyl groups is 5. The highest BCUT2D eigenvalue weighted by Crippen LogP contribution is 2.26. The fourth-order valence-electron chi connectivity index (χ4n) is 1.75. The maximum absolute atomic E-state index is 10.8. The van der Waals surface area contributed by atoms with Crippen LogP contribution in [-0.2, 0) is 19.0 Å². The van der Waals surface area contributed by atoms with Crippen molar-refractivity contribution in [2.75, 3.05) is 26.6 Å². The van der Waals surface area contributed by atoms with Gasteiger partial charge >= 0.3 is 0 Å². The van der Waals surface area contributed by atoms with E-state index in [1.807, 2.05) is 0 Å². The molecule has 0 aromatic rings. The lowest BCUT2D eigenvalue weighted by Crippen LogP contribution is -2.47. The minimum atomic E-state index is -1.37. The number of nitrogens with one attached hydrogen (secondary N) is 1. The molecule has 10 nitrogen and oxygen atoms in total. The molecule has 0 aromatic carbocycles. The van der Waals surface area contributed by atoms with Crippen LogP contribution in [-0.4, -0.2) is 94.8 Å². The topological polar surface area (TPSA) is 161 Å². The molecule has 1 heterocycles. The molecule has 22 heavy (non-hydrogen) atoms. The summed E-state index contributed by atoms with van der Waals surface area (Å²) >= 11 is 0. The zero-order chi connectivity index (χ0) is 16.7. The van der Waals surface area contributed by atoms with Crippen molar-refractivity contribution in [1.29, 1.82) is 0 Å². The fourth-order valence-corrected chi connectivity index (χ4v) is 1.75. The first-order valence-electron chi connectivity index (χ1n) is 6.79. The third kappa shape index (κ3) is 6.10. The molecule has 0 bridgehead atoms. The van der Waals surface area contributed by atoms with Crippen LogP contribution in [0, 0.1) is 0 Å². The maximum Gasteiger partial charge on any atom is 0.216 e. The minimum absolute atomic E-state index is 0.164. The van der Waals surface area contributed by atoms with E-state index in [0.717, 1.165) is 0 Å². The van der Waals surface area contributed by atoms with Gasteiger partial charge in [0, 0.05) is 13.5 Å². The van der Waals surface area contributed by atoms with Crippen molar-refractivity contribution in [3.05, 3.63) is 0 Å². The molecule has 4 unspecified atom stereocenters. The Morgan fingerprint density at radius 3 is 2.45 bits per heavy atom. The van der Waals surface area contributed by atoms with Crippen LogP contribution in [0.4, 0.5) is 0 Å². The molecule has 1 saturated heterocycles. The summed E-state index contributed by atoms with van der Waals surface area (Å²) < 4.78 is 15.2. The number of hydrogen-bond donors (Lipinski definition) is 6. The van der Waals surface area contributed by atoms with E-state index < -0.39 is 50.0 Å². The first-order chi connectivity index (χ1) is 10.4.